The fourth-order valence-corrected chi connectivity index (χ4v) is 2.30. The van der Waals surface area contributed by atoms with Crippen LogP contribution in [0.15, 0.2) is 28.9 Å². The summed E-state index contributed by atoms with van der Waals surface area (Å²) in [6, 6.07) is 4.34. The predicted octanol–water partition coefficient (Wildman–Crippen LogP) is 2.73. The molecule has 0 radical (unpaired) electrons. The van der Waals surface area contributed by atoms with Crippen LogP contribution in [0.5, 0.6) is 11.5 Å². The van der Waals surface area contributed by atoms with Crippen LogP contribution in [0, 0.1) is 0 Å². The normalized spacial score (nSPS) is 12.0. The Hall–Kier alpha value is -2.18. The highest BCUT2D eigenvalue weighted by Crippen LogP contribution is 2.41. The van der Waals surface area contributed by atoms with Crippen molar-refractivity contribution in [2.75, 3.05) is 14.2 Å². The molecule has 0 amide bonds. The highest BCUT2D eigenvalue weighted by Gasteiger charge is 2.26. The first-order chi connectivity index (χ1) is 10.0. The largest absolute Gasteiger partial charge is 0.493 e. The van der Waals surface area contributed by atoms with Gasteiger partial charge < -0.3 is 24.1 Å². The van der Waals surface area contributed by atoms with Gasteiger partial charge in [0.1, 0.15) is 11.7 Å². The average molecular weight is 313 g/mol. The van der Waals surface area contributed by atoms with Gasteiger partial charge >= 0.3 is 5.97 Å². The molecule has 112 valence electrons. The lowest BCUT2D eigenvalue weighted by Gasteiger charge is -2.16. The van der Waals surface area contributed by atoms with Gasteiger partial charge in [-0.1, -0.05) is 17.7 Å². The van der Waals surface area contributed by atoms with Crippen molar-refractivity contribution in [2.45, 2.75) is 6.10 Å². The summed E-state index contributed by atoms with van der Waals surface area (Å²) < 4.78 is 15.3. The zero-order valence-corrected chi connectivity index (χ0v) is 12.0. The summed E-state index contributed by atoms with van der Waals surface area (Å²) in [6.45, 7) is 0. The summed E-state index contributed by atoms with van der Waals surface area (Å²) in [5, 5.41) is 19.5. The van der Waals surface area contributed by atoms with Gasteiger partial charge in [0, 0.05) is 5.56 Å². The molecule has 1 heterocycles. The number of carbonyl (C=O) groups is 1. The van der Waals surface area contributed by atoms with Crippen LogP contribution in [0.3, 0.4) is 0 Å². The van der Waals surface area contributed by atoms with E-state index in [2.05, 4.69) is 0 Å². The molecule has 1 aromatic heterocycles. The molecule has 0 aliphatic heterocycles. The van der Waals surface area contributed by atoms with E-state index in [-0.39, 0.29) is 27.7 Å². The zero-order chi connectivity index (χ0) is 15.6. The maximum absolute atomic E-state index is 11.1. The van der Waals surface area contributed by atoms with Gasteiger partial charge in [-0.05, 0) is 12.1 Å². The second kappa shape index (κ2) is 6.07. The Morgan fingerprint density at radius 3 is 2.57 bits per heavy atom. The van der Waals surface area contributed by atoms with Gasteiger partial charge in [0.05, 0.1) is 25.5 Å². The second-order valence-electron chi connectivity index (χ2n) is 4.11. The Bertz CT molecular complexity index is 663. The molecule has 21 heavy (non-hydrogen) atoms. The molecule has 0 spiro atoms. The molecule has 0 aliphatic rings. The van der Waals surface area contributed by atoms with Gasteiger partial charge in [-0.3, -0.25) is 0 Å². The van der Waals surface area contributed by atoms with Crippen molar-refractivity contribution in [1.29, 1.82) is 0 Å². The van der Waals surface area contributed by atoms with Crippen molar-refractivity contribution in [1.82, 2.24) is 0 Å². The summed E-state index contributed by atoms with van der Waals surface area (Å²) in [5.74, 6) is -0.651. The number of benzene rings is 1. The number of furan rings is 1. The molecule has 1 atom stereocenters. The summed E-state index contributed by atoms with van der Waals surface area (Å²) >= 11 is 6.18. The minimum atomic E-state index is -1.33. The third-order valence-electron chi connectivity index (χ3n) is 2.98. The first kappa shape index (κ1) is 15.2. The molecule has 0 fully saturated rings. The molecule has 1 unspecified atom stereocenters. The number of rotatable bonds is 5. The number of aromatic carboxylic acids is 1. The van der Waals surface area contributed by atoms with E-state index >= 15 is 0 Å². The molecule has 0 bridgehead atoms. The number of hydrogen-bond acceptors (Lipinski definition) is 5. The number of aliphatic hydroxyl groups is 1. The molecule has 2 aromatic rings. The molecule has 0 saturated heterocycles. The van der Waals surface area contributed by atoms with Crippen LogP contribution in [0.4, 0.5) is 0 Å². The van der Waals surface area contributed by atoms with Crippen molar-refractivity contribution in [3.63, 3.8) is 0 Å². The van der Waals surface area contributed by atoms with Gasteiger partial charge in [0.25, 0.3) is 0 Å². The van der Waals surface area contributed by atoms with E-state index in [0.717, 1.165) is 0 Å². The summed E-state index contributed by atoms with van der Waals surface area (Å²) in [5.41, 5.74) is 0.125. The van der Waals surface area contributed by atoms with E-state index in [0.29, 0.717) is 5.75 Å². The number of carboxylic acid groups (broad SMARTS) is 1. The quantitative estimate of drug-likeness (QED) is 0.882. The van der Waals surface area contributed by atoms with Crippen molar-refractivity contribution in [3.05, 3.63) is 46.4 Å². The Balaban J connectivity index is 2.51. The zero-order valence-electron chi connectivity index (χ0n) is 11.3. The van der Waals surface area contributed by atoms with Gasteiger partial charge in [-0.15, -0.1) is 0 Å². The fourth-order valence-electron chi connectivity index (χ4n) is 1.97. The number of methoxy groups -OCH3 is 2. The summed E-state index contributed by atoms with van der Waals surface area (Å²) in [4.78, 5) is 11.1. The molecular weight excluding hydrogens is 300 g/mol. The first-order valence-electron chi connectivity index (χ1n) is 5.90. The maximum atomic E-state index is 11.1. The number of ether oxygens (including phenoxy) is 2. The van der Waals surface area contributed by atoms with E-state index in [1.54, 1.807) is 6.07 Å². The van der Waals surface area contributed by atoms with Crippen LogP contribution in [0.25, 0.3) is 0 Å². The van der Waals surface area contributed by atoms with Crippen LogP contribution in [-0.4, -0.2) is 30.4 Å². The second-order valence-corrected chi connectivity index (χ2v) is 4.49. The number of carboxylic acids is 1. The van der Waals surface area contributed by atoms with Crippen LogP contribution in [-0.2, 0) is 0 Å². The van der Waals surface area contributed by atoms with Crippen molar-refractivity contribution in [2.24, 2.45) is 0 Å². The third kappa shape index (κ3) is 2.68. The SMILES string of the molecule is COc1ccc(C(O)c2occc2C(=O)O)c(Cl)c1OC. The summed E-state index contributed by atoms with van der Waals surface area (Å²) in [6.07, 6.45) is -0.144. The Labute approximate surface area is 125 Å². The van der Waals surface area contributed by atoms with E-state index < -0.39 is 12.1 Å². The lowest BCUT2D eigenvalue weighted by Crippen LogP contribution is -2.07. The highest BCUT2D eigenvalue weighted by molar-refractivity contribution is 6.33. The minimum absolute atomic E-state index is 0.100. The average Bonchev–Trinajstić information content (AvgIpc) is 2.95. The molecule has 2 N–H and O–H groups in total. The minimum Gasteiger partial charge on any atom is -0.493 e. The van der Waals surface area contributed by atoms with Crippen LogP contribution >= 0.6 is 11.6 Å². The van der Waals surface area contributed by atoms with E-state index in [4.69, 9.17) is 30.6 Å². The van der Waals surface area contributed by atoms with E-state index in [1.165, 1.54) is 32.6 Å². The first-order valence-corrected chi connectivity index (χ1v) is 6.28. The Morgan fingerprint density at radius 2 is 2.00 bits per heavy atom. The van der Waals surface area contributed by atoms with Gasteiger partial charge in [-0.2, -0.15) is 0 Å². The molecule has 6 nitrogen and oxygen atoms in total. The molecule has 0 aliphatic carbocycles. The van der Waals surface area contributed by atoms with Crippen LogP contribution in [0.2, 0.25) is 5.02 Å². The Kier molecular flexibility index (Phi) is 4.40. The van der Waals surface area contributed by atoms with E-state index in [9.17, 15) is 9.90 Å². The number of aliphatic hydroxyl groups excluding tert-OH is 1. The van der Waals surface area contributed by atoms with Gasteiger partial charge in [-0.25, -0.2) is 4.79 Å². The van der Waals surface area contributed by atoms with Gasteiger partial charge in [0.15, 0.2) is 17.3 Å². The smallest absolute Gasteiger partial charge is 0.339 e. The summed E-state index contributed by atoms with van der Waals surface area (Å²) in [7, 11) is 2.87. The van der Waals surface area contributed by atoms with Crippen molar-refractivity contribution < 1.29 is 28.9 Å². The van der Waals surface area contributed by atoms with Crippen LogP contribution < -0.4 is 9.47 Å². The van der Waals surface area contributed by atoms with Crippen molar-refractivity contribution in [3.8, 4) is 11.5 Å². The number of halogens is 1. The van der Waals surface area contributed by atoms with Crippen molar-refractivity contribution >= 4 is 17.6 Å². The fraction of sp³-hybridized carbons (Fsp3) is 0.214. The number of hydrogen-bond donors (Lipinski definition) is 2. The lowest BCUT2D eigenvalue weighted by atomic mass is 10.0. The molecule has 2 rings (SSSR count). The highest BCUT2D eigenvalue weighted by atomic mass is 35.5. The molecule has 7 heteroatoms. The standard InChI is InChI=1S/C14H13ClO6/c1-19-9-4-3-7(10(15)13(9)20-2)11(16)12-8(14(17)18)5-6-21-12/h3-6,11,16H,1-2H3,(H,17,18). The molecular formula is C14H13ClO6. The van der Waals surface area contributed by atoms with Gasteiger partial charge in [0.2, 0.25) is 0 Å². The molecule has 1 aromatic carbocycles. The lowest BCUT2D eigenvalue weighted by molar-refractivity contribution is 0.0687. The maximum Gasteiger partial charge on any atom is 0.339 e. The van der Waals surface area contributed by atoms with E-state index in [1.807, 2.05) is 0 Å². The monoisotopic (exact) mass is 312 g/mol. The predicted molar refractivity (Wildman–Crippen MR) is 74.3 cm³/mol. The van der Waals surface area contributed by atoms with Crippen LogP contribution in [0.1, 0.15) is 27.8 Å². The molecule has 0 saturated carbocycles. The topological polar surface area (TPSA) is 89.1 Å². The third-order valence-corrected chi connectivity index (χ3v) is 3.37. The Morgan fingerprint density at radius 1 is 1.29 bits per heavy atom.